The highest BCUT2D eigenvalue weighted by Crippen LogP contribution is 2.22. The summed E-state index contributed by atoms with van der Waals surface area (Å²) in [4.78, 5) is 19.0. The third-order valence-electron chi connectivity index (χ3n) is 4.38. The first-order chi connectivity index (χ1) is 11.6. The predicted molar refractivity (Wildman–Crippen MR) is 99.1 cm³/mol. The van der Waals surface area contributed by atoms with Gasteiger partial charge in [-0.1, -0.05) is 30.5 Å². The fourth-order valence-electron chi connectivity index (χ4n) is 2.93. The second kappa shape index (κ2) is 7.67. The molecule has 0 spiro atoms. The number of carbonyl (C=O) groups excluding carboxylic acids is 1. The van der Waals surface area contributed by atoms with Crippen LogP contribution >= 0.6 is 11.6 Å². The summed E-state index contributed by atoms with van der Waals surface area (Å²) in [5.74, 6) is -0.216. The minimum atomic E-state index is -0.216. The van der Waals surface area contributed by atoms with Crippen molar-refractivity contribution < 1.29 is 4.79 Å². The van der Waals surface area contributed by atoms with Gasteiger partial charge in [-0.05, 0) is 49.6 Å². The number of benzene rings is 1. The van der Waals surface area contributed by atoms with Gasteiger partial charge >= 0.3 is 0 Å². The lowest BCUT2D eigenvalue weighted by Crippen LogP contribution is -2.24. The molecule has 3 rings (SSSR count). The molecule has 0 saturated carbocycles. The van der Waals surface area contributed by atoms with Crippen LogP contribution in [-0.2, 0) is 0 Å². The Morgan fingerprint density at radius 2 is 1.88 bits per heavy atom. The first kappa shape index (κ1) is 16.8. The van der Waals surface area contributed by atoms with Crippen LogP contribution in [0.5, 0.6) is 0 Å². The highest BCUT2D eigenvalue weighted by molar-refractivity contribution is 6.31. The molecule has 24 heavy (non-hydrogen) atoms. The number of nitrogens with one attached hydrogen (secondary N) is 1. The third-order valence-corrected chi connectivity index (χ3v) is 4.78. The van der Waals surface area contributed by atoms with Crippen molar-refractivity contribution in [2.45, 2.75) is 32.6 Å². The molecule has 1 aliphatic heterocycles. The smallest absolute Gasteiger partial charge is 0.274 e. The summed E-state index contributed by atoms with van der Waals surface area (Å²) >= 11 is 6.11. The average Bonchev–Trinajstić information content (AvgIpc) is 2.88. The van der Waals surface area contributed by atoms with Gasteiger partial charge in [0.2, 0.25) is 0 Å². The van der Waals surface area contributed by atoms with Gasteiger partial charge in [-0.3, -0.25) is 9.78 Å². The average molecular weight is 344 g/mol. The lowest BCUT2D eigenvalue weighted by Gasteiger charge is -2.22. The number of halogens is 1. The van der Waals surface area contributed by atoms with E-state index in [1.165, 1.54) is 25.7 Å². The predicted octanol–water partition coefficient (Wildman–Crippen LogP) is 4.68. The Balaban J connectivity index is 1.74. The van der Waals surface area contributed by atoms with E-state index < -0.39 is 0 Å². The molecule has 1 N–H and O–H groups in total. The van der Waals surface area contributed by atoms with Crippen LogP contribution in [0, 0.1) is 6.92 Å². The van der Waals surface area contributed by atoms with Crippen molar-refractivity contribution in [3.63, 3.8) is 0 Å². The molecule has 0 aliphatic carbocycles. The molecular weight excluding hydrogens is 322 g/mol. The van der Waals surface area contributed by atoms with Crippen LogP contribution in [0.3, 0.4) is 0 Å². The molecule has 1 aliphatic rings. The summed E-state index contributed by atoms with van der Waals surface area (Å²) in [6.45, 7) is 4.01. The van der Waals surface area contributed by atoms with Gasteiger partial charge in [0.15, 0.2) is 0 Å². The Bertz CT molecular complexity index is 724. The monoisotopic (exact) mass is 343 g/mol. The zero-order chi connectivity index (χ0) is 16.9. The van der Waals surface area contributed by atoms with Crippen LogP contribution in [0.1, 0.15) is 41.7 Å². The molecule has 5 heteroatoms. The van der Waals surface area contributed by atoms with Gasteiger partial charge in [0.1, 0.15) is 5.69 Å². The highest BCUT2D eigenvalue weighted by atomic mass is 35.5. The number of anilines is 2. The number of aromatic nitrogens is 1. The Morgan fingerprint density at radius 1 is 1.12 bits per heavy atom. The van der Waals surface area contributed by atoms with Crippen LogP contribution in [0.25, 0.3) is 0 Å². The van der Waals surface area contributed by atoms with E-state index in [1.54, 1.807) is 12.3 Å². The first-order valence-corrected chi connectivity index (χ1v) is 8.80. The van der Waals surface area contributed by atoms with E-state index in [4.69, 9.17) is 11.6 Å². The summed E-state index contributed by atoms with van der Waals surface area (Å²) in [5, 5.41) is 3.50. The summed E-state index contributed by atoms with van der Waals surface area (Å²) in [6, 6.07) is 9.34. The Hall–Kier alpha value is -2.07. The van der Waals surface area contributed by atoms with Crippen LogP contribution in [0.4, 0.5) is 11.4 Å². The molecule has 0 unspecified atom stereocenters. The summed E-state index contributed by atoms with van der Waals surface area (Å²) < 4.78 is 0. The molecule has 2 aromatic rings. The standard InChI is InChI=1S/C19H22ClN3O/c1-14-6-7-15(12-17(14)20)22-19(24)18-13-16(8-9-21-18)23-10-4-2-3-5-11-23/h6-9,12-13H,2-5,10-11H2,1H3,(H,22,24). The van der Waals surface area contributed by atoms with E-state index in [0.29, 0.717) is 16.4 Å². The minimum Gasteiger partial charge on any atom is -0.371 e. The molecule has 4 nitrogen and oxygen atoms in total. The molecule has 126 valence electrons. The second-order valence-corrected chi connectivity index (χ2v) is 6.63. The number of carbonyl (C=O) groups is 1. The molecule has 0 bridgehead atoms. The molecule has 2 heterocycles. The van der Waals surface area contributed by atoms with Gasteiger partial charge in [-0.2, -0.15) is 0 Å². The van der Waals surface area contributed by atoms with Crippen LogP contribution in [-0.4, -0.2) is 24.0 Å². The minimum absolute atomic E-state index is 0.216. The van der Waals surface area contributed by atoms with Crippen LogP contribution in [0.15, 0.2) is 36.5 Å². The molecule has 1 aromatic carbocycles. The lowest BCUT2D eigenvalue weighted by atomic mass is 10.2. The van der Waals surface area contributed by atoms with Crippen molar-refractivity contribution in [3.8, 4) is 0 Å². The van der Waals surface area contributed by atoms with Gasteiger partial charge in [0.05, 0.1) is 0 Å². The Morgan fingerprint density at radius 3 is 2.58 bits per heavy atom. The van der Waals surface area contributed by atoms with Crippen molar-refractivity contribution in [1.82, 2.24) is 4.98 Å². The first-order valence-electron chi connectivity index (χ1n) is 8.42. The van der Waals surface area contributed by atoms with Crippen molar-refractivity contribution in [2.75, 3.05) is 23.3 Å². The molecule has 0 radical (unpaired) electrons. The summed E-state index contributed by atoms with van der Waals surface area (Å²) in [6.07, 6.45) is 6.67. The number of amides is 1. The normalized spacial score (nSPS) is 15.0. The molecule has 1 fully saturated rings. The van der Waals surface area contributed by atoms with Gasteiger partial charge in [-0.25, -0.2) is 0 Å². The largest absolute Gasteiger partial charge is 0.371 e. The molecule has 1 aromatic heterocycles. The number of aryl methyl sites for hydroxylation is 1. The van der Waals surface area contributed by atoms with Crippen molar-refractivity contribution >= 4 is 28.9 Å². The number of pyridine rings is 1. The van der Waals surface area contributed by atoms with Crippen LogP contribution < -0.4 is 10.2 Å². The molecule has 0 atom stereocenters. The van der Waals surface area contributed by atoms with Crippen molar-refractivity contribution in [3.05, 3.63) is 52.8 Å². The third kappa shape index (κ3) is 4.06. The summed E-state index contributed by atoms with van der Waals surface area (Å²) in [7, 11) is 0. The molecule has 1 saturated heterocycles. The maximum atomic E-state index is 12.5. The second-order valence-electron chi connectivity index (χ2n) is 6.22. The zero-order valence-corrected chi connectivity index (χ0v) is 14.6. The SMILES string of the molecule is Cc1ccc(NC(=O)c2cc(N3CCCCCC3)ccn2)cc1Cl. The number of hydrogen-bond donors (Lipinski definition) is 1. The van der Waals surface area contributed by atoms with Gasteiger partial charge in [0.25, 0.3) is 5.91 Å². The lowest BCUT2D eigenvalue weighted by molar-refractivity contribution is 0.102. The molecular formula is C19H22ClN3O. The van der Waals surface area contributed by atoms with Gasteiger partial charge in [0, 0.05) is 35.7 Å². The van der Waals surface area contributed by atoms with Crippen molar-refractivity contribution in [1.29, 1.82) is 0 Å². The quantitative estimate of drug-likeness (QED) is 0.880. The number of hydrogen-bond acceptors (Lipinski definition) is 3. The topological polar surface area (TPSA) is 45.2 Å². The van der Waals surface area contributed by atoms with Gasteiger partial charge < -0.3 is 10.2 Å². The fraction of sp³-hybridized carbons (Fsp3) is 0.368. The van der Waals surface area contributed by atoms with E-state index >= 15 is 0 Å². The van der Waals surface area contributed by atoms with E-state index in [-0.39, 0.29) is 5.91 Å². The molecule has 1 amide bonds. The Labute approximate surface area is 147 Å². The van der Waals surface area contributed by atoms with Gasteiger partial charge in [-0.15, -0.1) is 0 Å². The highest BCUT2D eigenvalue weighted by Gasteiger charge is 2.14. The van der Waals surface area contributed by atoms with E-state index in [9.17, 15) is 4.79 Å². The fourth-order valence-corrected chi connectivity index (χ4v) is 3.12. The van der Waals surface area contributed by atoms with E-state index in [0.717, 1.165) is 24.3 Å². The summed E-state index contributed by atoms with van der Waals surface area (Å²) in [5.41, 5.74) is 3.15. The zero-order valence-electron chi connectivity index (χ0n) is 13.9. The van der Waals surface area contributed by atoms with E-state index in [2.05, 4.69) is 15.2 Å². The number of rotatable bonds is 3. The van der Waals surface area contributed by atoms with Crippen molar-refractivity contribution in [2.24, 2.45) is 0 Å². The maximum absolute atomic E-state index is 12.5. The number of nitrogens with zero attached hydrogens (tertiary/aromatic N) is 2. The maximum Gasteiger partial charge on any atom is 0.274 e. The Kier molecular flexibility index (Phi) is 5.36. The van der Waals surface area contributed by atoms with E-state index in [1.807, 2.05) is 31.2 Å². The van der Waals surface area contributed by atoms with Crippen LogP contribution in [0.2, 0.25) is 5.02 Å².